The molecule has 4 rings (SSSR count). The molecule has 1 unspecified atom stereocenters. The summed E-state index contributed by atoms with van der Waals surface area (Å²) in [4.78, 5) is 18.9. The van der Waals surface area contributed by atoms with Gasteiger partial charge >= 0.3 is 5.97 Å². The number of fused-ring (bicyclic) bond motifs is 1. The van der Waals surface area contributed by atoms with Crippen molar-refractivity contribution in [3.05, 3.63) is 63.3 Å². The molecule has 1 aliphatic rings. The van der Waals surface area contributed by atoms with Gasteiger partial charge in [-0.3, -0.25) is 4.90 Å². The number of rotatable bonds is 5. The maximum atomic E-state index is 11.7. The van der Waals surface area contributed by atoms with Gasteiger partial charge in [-0.25, -0.2) is 4.79 Å². The van der Waals surface area contributed by atoms with E-state index in [2.05, 4.69) is 16.0 Å². The van der Waals surface area contributed by atoms with Crippen molar-refractivity contribution in [2.75, 3.05) is 31.1 Å². The molecule has 30 heavy (non-hydrogen) atoms. The molecule has 0 aliphatic carbocycles. The zero-order valence-corrected chi connectivity index (χ0v) is 18.0. The van der Waals surface area contributed by atoms with Crippen LogP contribution in [-0.4, -0.2) is 58.5 Å². The summed E-state index contributed by atoms with van der Waals surface area (Å²) in [6.45, 7) is 4.85. The highest BCUT2D eigenvalue weighted by molar-refractivity contribution is 6.32. The van der Waals surface area contributed by atoms with E-state index in [1.165, 1.54) is 0 Å². The fraction of sp³-hybridized carbons (Fsp3) is 0.318. The minimum absolute atomic E-state index is 0.0968. The molecular formula is C22H23Cl2N3O3. The van der Waals surface area contributed by atoms with Gasteiger partial charge in [-0.05, 0) is 48.4 Å². The SMILES string of the molecule is Cc1c(Cl)cccc1N1CCN(C(O)Cc2c(C(=O)O)[nH]c3ccc(Cl)cc23)CC1. The van der Waals surface area contributed by atoms with Crippen molar-refractivity contribution in [1.29, 1.82) is 0 Å². The maximum absolute atomic E-state index is 11.7. The third-order valence-corrected chi connectivity index (χ3v) is 6.43. The van der Waals surface area contributed by atoms with E-state index in [0.717, 1.165) is 34.7 Å². The Kier molecular flexibility index (Phi) is 5.93. The summed E-state index contributed by atoms with van der Waals surface area (Å²) in [6, 6.07) is 11.1. The molecule has 0 spiro atoms. The average Bonchev–Trinajstić information content (AvgIpc) is 3.08. The lowest BCUT2D eigenvalue weighted by Gasteiger charge is -2.39. The molecule has 0 saturated carbocycles. The Hall–Kier alpha value is -2.25. The molecule has 1 atom stereocenters. The van der Waals surface area contributed by atoms with Crippen LogP contribution in [-0.2, 0) is 6.42 Å². The van der Waals surface area contributed by atoms with Crippen LogP contribution in [0.25, 0.3) is 10.9 Å². The molecule has 1 aliphatic heterocycles. The van der Waals surface area contributed by atoms with Crippen LogP contribution in [0.4, 0.5) is 5.69 Å². The van der Waals surface area contributed by atoms with Gasteiger partial charge in [0.15, 0.2) is 0 Å². The largest absolute Gasteiger partial charge is 0.477 e. The van der Waals surface area contributed by atoms with Gasteiger partial charge in [0, 0.05) is 59.2 Å². The van der Waals surface area contributed by atoms with Crippen molar-refractivity contribution in [2.45, 2.75) is 19.6 Å². The van der Waals surface area contributed by atoms with E-state index in [4.69, 9.17) is 23.2 Å². The topological polar surface area (TPSA) is 79.8 Å². The Morgan fingerprint density at radius 3 is 2.60 bits per heavy atom. The zero-order chi connectivity index (χ0) is 21.4. The summed E-state index contributed by atoms with van der Waals surface area (Å²) < 4.78 is 0. The normalized spacial score (nSPS) is 16.2. The molecule has 2 heterocycles. The van der Waals surface area contributed by atoms with Crippen LogP contribution in [0.1, 0.15) is 21.6 Å². The Labute approximate surface area is 184 Å². The average molecular weight is 448 g/mol. The summed E-state index contributed by atoms with van der Waals surface area (Å²) in [5, 5.41) is 22.5. The molecule has 0 bridgehead atoms. The molecule has 1 aromatic heterocycles. The Balaban J connectivity index is 1.50. The number of benzene rings is 2. The van der Waals surface area contributed by atoms with Crippen molar-refractivity contribution in [1.82, 2.24) is 9.88 Å². The highest BCUT2D eigenvalue weighted by atomic mass is 35.5. The number of anilines is 1. The summed E-state index contributed by atoms with van der Waals surface area (Å²) in [5.41, 5.74) is 3.52. The first-order chi connectivity index (χ1) is 14.3. The van der Waals surface area contributed by atoms with Gasteiger partial charge in [0.1, 0.15) is 11.9 Å². The number of aromatic carboxylic acids is 1. The van der Waals surface area contributed by atoms with E-state index in [-0.39, 0.29) is 12.1 Å². The van der Waals surface area contributed by atoms with Crippen molar-refractivity contribution in [2.24, 2.45) is 0 Å². The minimum Gasteiger partial charge on any atom is -0.477 e. The summed E-state index contributed by atoms with van der Waals surface area (Å²) in [5.74, 6) is -1.05. The third-order valence-electron chi connectivity index (χ3n) is 5.78. The van der Waals surface area contributed by atoms with Crippen molar-refractivity contribution >= 4 is 45.8 Å². The van der Waals surface area contributed by atoms with Crippen LogP contribution < -0.4 is 4.90 Å². The number of aromatic nitrogens is 1. The molecule has 2 aromatic carbocycles. The molecule has 158 valence electrons. The third kappa shape index (κ3) is 4.01. The lowest BCUT2D eigenvalue weighted by Crippen LogP contribution is -2.51. The highest BCUT2D eigenvalue weighted by Crippen LogP contribution is 2.29. The second kappa shape index (κ2) is 8.47. The number of aliphatic hydroxyl groups excluding tert-OH is 1. The standard InChI is InChI=1S/C22H23Cl2N3O3/c1-13-17(24)3-2-4-19(13)26-7-9-27(10-8-26)20(28)12-16-15-11-14(23)5-6-18(15)25-21(16)22(29)30/h2-6,11,20,25,28H,7-10,12H2,1H3,(H,29,30). The number of carbonyl (C=O) groups is 1. The number of aromatic amines is 1. The zero-order valence-electron chi connectivity index (χ0n) is 16.5. The van der Waals surface area contributed by atoms with Crippen LogP contribution in [0.2, 0.25) is 10.0 Å². The van der Waals surface area contributed by atoms with Crippen LogP contribution in [0.5, 0.6) is 0 Å². The number of nitrogens with one attached hydrogen (secondary N) is 1. The summed E-state index contributed by atoms with van der Waals surface area (Å²) in [6.07, 6.45) is -0.582. The van der Waals surface area contributed by atoms with E-state index < -0.39 is 12.2 Å². The van der Waals surface area contributed by atoms with Crippen LogP contribution in [0.3, 0.4) is 0 Å². The molecule has 1 fully saturated rings. The number of piperazine rings is 1. The van der Waals surface area contributed by atoms with Gasteiger partial charge in [0.25, 0.3) is 0 Å². The van der Waals surface area contributed by atoms with Crippen LogP contribution >= 0.6 is 23.2 Å². The smallest absolute Gasteiger partial charge is 0.352 e. The molecule has 1 saturated heterocycles. The first-order valence-electron chi connectivity index (χ1n) is 9.80. The van der Waals surface area contributed by atoms with Crippen molar-refractivity contribution in [3.8, 4) is 0 Å². The van der Waals surface area contributed by atoms with Gasteiger partial charge in [-0.2, -0.15) is 0 Å². The first-order valence-corrected chi connectivity index (χ1v) is 10.6. The van der Waals surface area contributed by atoms with Gasteiger partial charge in [-0.15, -0.1) is 0 Å². The number of H-pyrrole nitrogens is 1. The van der Waals surface area contributed by atoms with Gasteiger partial charge in [-0.1, -0.05) is 29.3 Å². The second-order valence-electron chi connectivity index (χ2n) is 7.57. The molecular weight excluding hydrogens is 425 g/mol. The first kappa shape index (κ1) is 21.0. The lowest BCUT2D eigenvalue weighted by molar-refractivity contribution is 0.00116. The molecule has 6 nitrogen and oxygen atoms in total. The molecule has 8 heteroatoms. The van der Waals surface area contributed by atoms with Crippen molar-refractivity contribution in [3.63, 3.8) is 0 Å². The van der Waals surface area contributed by atoms with E-state index in [1.54, 1.807) is 18.2 Å². The maximum Gasteiger partial charge on any atom is 0.352 e. The van der Waals surface area contributed by atoms with E-state index in [9.17, 15) is 15.0 Å². The monoisotopic (exact) mass is 447 g/mol. The predicted molar refractivity (Wildman–Crippen MR) is 120 cm³/mol. The van der Waals surface area contributed by atoms with Gasteiger partial charge in [0.05, 0.1) is 0 Å². The number of carboxylic acid groups (broad SMARTS) is 1. The molecule has 0 radical (unpaired) electrons. The second-order valence-corrected chi connectivity index (χ2v) is 8.41. The molecule has 3 aromatic rings. The van der Waals surface area contributed by atoms with E-state index >= 15 is 0 Å². The number of carboxylic acids is 1. The number of halogens is 2. The molecule has 0 amide bonds. The fourth-order valence-electron chi connectivity index (χ4n) is 4.13. The van der Waals surface area contributed by atoms with E-state index in [0.29, 0.717) is 29.2 Å². The summed E-state index contributed by atoms with van der Waals surface area (Å²) >= 11 is 12.4. The van der Waals surface area contributed by atoms with Crippen LogP contribution in [0.15, 0.2) is 36.4 Å². The fourth-order valence-corrected chi connectivity index (χ4v) is 4.47. The minimum atomic E-state index is -1.05. The number of aliphatic hydroxyl groups is 1. The predicted octanol–water partition coefficient (Wildman–Crippen LogP) is 4.16. The Bertz CT molecular complexity index is 1090. The highest BCUT2D eigenvalue weighted by Gasteiger charge is 2.26. The van der Waals surface area contributed by atoms with E-state index in [1.807, 2.05) is 24.0 Å². The number of hydrogen-bond acceptors (Lipinski definition) is 4. The summed E-state index contributed by atoms with van der Waals surface area (Å²) in [7, 11) is 0. The quantitative estimate of drug-likeness (QED) is 0.546. The molecule has 3 N–H and O–H groups in total. The Morgan fingerprint density at radius 1 is 1.17 bits per heavy atom. The Morgan fingerprint density at radius 2 is 1.90 bits per heavy atom. The number of nitrogens with zero attached hydrogens (tertiary/aromatic N) is 2. The lowest BCUT2D eigenvalue weighted by atomic mass is 10.1. The van der Waals surface area contributed by atoms with Gasteiger partial charge in [0.2, 0.25) is 0 Å². The van der Waals surface area contributed by atoms with Crippen LogP contribution in [0, 0.1) is 6.92 Å². The van der Waals surface area contributed by atoms with Crippen molar-refractivity contribution < 1.29 is 15.0 Å². The number of hydrogen-bond donors (Lipinski definition) is 3. The van der Waals surface area contributed by atoms with Gasteiger partial charge < -0.3 is 20.1 Å².